The van der Waals surface area contributed by atoms with E-state index in [1.807, 2.05) is 30.3 Å². The monoisotopic (exact) mass is 278 g/mol. The molecule has 0 amide bonds. The van der Waals surface area contributed by atoms with E-state index in [9.17, 15) is 0 Å². The molecule has 0 fully saturated rings. The van der Waals surface area contributed by atoms with Gasteiger partial charge in [0.1, 0.15) is 5.82 Å². The predicted molar refractivity (Wildman–Crippen MR) is 85.8 cm³/mol. The van der Waals surface area contributed by atoms with Gasteiger partial charge in [0, 0.05) is 11.6 Å². The van der Waals surface area contributed by atoms with Crippen molar-refractivity contribution in [1.29, 1.82) is 0 Å². The minimum Gasteiger partial charge on any atom is -0.384 e. The van der Waals surface area contributed by atoms with E-state index in [1.165, 1.54) is 10.9 Å². The van der Waals surface area contributed by atoms with Crippen molar-refractivity contribution in [2.24, 2.45) is 5.73 Å². The van der Waals surface area contributed by atoms with Gasteiger partial charge in [-0.25, -0.2) is 4.98 Å². The molecule has 0 saturated carbocycles. The quantitative estimate of drug-likeness (QED) is 0.772. The van der Waals surface area contributed by atoms with Crippen LogP contribution in [0.1, 0.15) is 22.9 Å². The van der Waals surface area contributed by atoms with Gasteiger partial charge in [-0.3, -0.25) is 4.98 Å². The van der Waals surface area contributed by atoms with Crippen LogP contribution in [0.4, 0.5) is 5.82 Å². The lowest BCUT2D eigenvalue weighted by Gasteiger charge is -2.13. The van der Waals surface area contributed by atoms with Gasteiger partial charge in [-0.15, -0.1) is 0 Å². The molecule has 4 N–H and O–H groups in total. The summed E-state index contributed by atoms with van der Waals surface area (Å²) in [5, 5.41) is 1.17. The fraction of sp³-hybridized carbons (Fsp3) is 0.176. The number of hydrogen-bond acceptors (Lipinski definition) is 4. The molecule has 0 aliphatic rings. The van der Waals surface area contributed by atoms with Crippen LogP contribution in [0.25, 0.3) is 10.9 Å². The second-order valence-electron chi connectivity index (χ2n) is 5.28. The van der Waals surface area contributed by atoms with Gasteiger partial charge in [-0.05, 0) is 48.7 Å². The second kappa shape index (κ2) is 5.50. The summed E-state index contributed by atoms with van der Waals surface area (Å²) in [7, 11) is 0. The fourth-order valence-electron chi connectivity index (χ4n) is 2.55. The Bertz CT molecular complexity index is 783. The van der Waals surface area contributed by atoms with Crippen LogP contribution in [0.2, 0.25) is 0 Å². The highest BCUT2D eigenvalue weighted by atomic mass is 14.8. The molecule has 106 valence electrons. The van der Waals surface area contributed by atoms with Crippen molar-refractivity contribution in [2.45, 2.75) is 19.4 Å². The predicted octanol–water partition coefficient (Wildman–Crippen LogP) is 2.76. The highest BCUT2D eigenvalue weighted by Gasteiger charge is 2.11. The standard InChI is InChI=1S/C17H18N4/c1-11-8-16(21-15-5-3-2-4-13(11)15)14(18)9-12-6-7-20-17(19)10-12/h2-8,10,14H,9,18H2,1H3,(H2,19,20). The molecule has 0 radical (unpaired) electrons. The van der Waals surface area contributed by atoms with Crippen LogP contribution < -0.4 is 11.5 Å². The lowest BCUT2D eigenvalue weighted by molar-refractivity contribution is 0.699. The maximum absolute atomic E-state index is 6.31. The van der Waals surface area contributed by atoms with E-state index in [0.717, 1.165) is 16.8 Å². The first-order valence-corrected chi connectivity index (χ1v) is 6.96. The first kappa shape index (κ1) is 13.5. The Kier molecular flexibility index (Phi) is 3.54. The Morgan fingerprint density at radius 1 is 1.14 bits per heavy atom. The molecule has 3 rings (SSSR count). The van der Waals surface area contributed by atoms with Crippen molar-refractivity contribution in [2.75, 3.05) is 5.73 Å². The molecule has 0 aliphatic carbocycles. The molecule has 4 heteroatoms. The summed E-state index contributed by atoms with van der Waals surface area (Å²) in [6.07, 6.45) is 2.40. The van der Waals surface area contributed by atoms with Crippen LogP contribution >= 0.6 is 0 Å². The third-order valence-corrected chi connectivity index (χ3v) is 3.62. The number of para-hydroxylation sites is 1. The zero-order chi connectivity index (χ0) is 14.8. The molecule has 0 bridgehead atoms. The Labute approximate surface area is 123 Å². The van der Waals surface area contributed by atoms with E-state index in [2.05, 4.69) is 29.0 Å². The van der Waals surface area contributed by atoms with Crippen LogP contribution in [-0.2, 0) is 6.42 Å². The molecular weight excluding hydrogens is 260 g/mol. The zero-order valence-electron chi connectivity index (χ0n) is 12.0. The van der Waals surface area contributed by atoms with Crippen molar-refractivity contribution < 1.29 is 0 Å². The number of aryl methyl sites for hydroxylation is 1. The van der Waals surface area contributed by atoms with Crippen molar-refractivity contribution in [3.63, 3.8) is 0 Å². The second-order valence-corrected chi connectivity index (χ2v) is 5.28. The molecule has 3 aromatic rings. The number of fused-ring (bicyclic) bond motifs is 1. The van der Waals surface area contributed by atoms with E-state index in [4.69, 9.17) is 11.5 Å². The normalized spacial score (nSPS) is 12.5. The summed E-state index contributed by atoms with van der Waals surface area (Å²) in [5.74, 6) is 0.516. The number of aromatic nitrogens is 2. The van der Waals surface area contributed by atoms with Crippen molar-refractivity contribution in [3.05, 3.63) is 65.5 Å². The van der Waals surface area contributed by atoms with Crippen LogP contribution in [0.5, 0.6) is 0 Å². The van der Waals surface area contributed by atoms with E-state index < -0.39 is 0 Å². The van der Waals surface area contributed by atoms with E-state index in [-0.39, 0.29) is 6.04 Å². The van der Waals surface area contributed by atoms with E-state index in [1.54, 1.807) is 6.20 Å². The summed E-state index contributed by atoms with van der Waals surface area (Å²) >= 11 is 0. The molecule has 1 aromatic carbocycles. The number of pyridine rings is 2. The highest BCUT2D eigenvalue weighted by molar-refractivity contribution is 5.82. The topological polar surface area (TPSA) is 77.8 Å². The Hall–Kier alpha value is -2.46. The van der Waals surface area contributed by atoms with Gasteiger partial charge in [0.25, 0.3) is 0 Å². The number of benzene rings is 1. The maximum Gasteiger partial charge on any atom is 0.123 e. The molecule has 0 saturated heterocycles. The summed E-state index contributed by atoms with van der Waals surface area (Å²) in [5.41, 5.74) is 16.2. The van der Waals surface area contributed by atoms with Gasteiger partial charge >= 0.3 is 0 Å². The lowest BCUT2D eigenvalue weighted by Crippen LogP contribution is -2.15. The van der Waals surface area contributed by atoms with Gasteiger partial charge in [0.15, 0.2) is 0 Å². The number of nitrogen functional groups attached to an aromatic ring is 1. The molecule has 4 nitrogen and oxygen atoms in total. The minimum atomic E-state index is -0.157. The molecule has 1 unspecified atom stereocenters. The summed E-state index contributed by atoms with van der Waals surface area (Å²) in [6.45, 7) is 2.09. The number of hydrogen-bond donors (Lipinski definition) is 2. The van der Waals surface area contributed by atoms with E-state index in [0.29, 0.717) is 12.2 Å². The fourth-order valence-corrected chi connectivity index (χ4v) is 2.55. The Morgan fingerprint density at radius 3 is 2.76 bits per heavy atom. The van der Waals surface area contributed by atoms with Gasteiger partial charge in [0.05, 0.1) is 17.3 Å². The Morgan fingerprint density at radius 2 is 1.95 bits per heavy atom. The smallest absolute Gasteiger partial charge is 0.123 e. The number of rotatable bonds is 3. The number of anilines is 1. The van der Waals surface area contributed by atoms with Gasteiger partial charge in [-0.2, -0.15) is 0 Å². The molecule has 21 heavy (non-hydrogen) atoms. The molecule has 0 aliphatic heterocycles. The molecular formula is C17H18N4. The summed E-state index contributed by atoms with van der Waals surface area (Å²) < 4.78 is 0. The molecule has 2 aromatic heterocycles. The highest BCUT2D eigenvalue weighted by Crippen LogP contribution is 2.22. The lowest BCUT2D eigenvalue weighted by atomic mass is 10.0. The third-order valence-electron chi connectivity index (χ3n) is 3.62. The first-order chi connectivity index (χ1) is 10.1. The van der Waals surface area contributed by atoms with Gasteiger partial charge in [-0.1, -0.05) is 18.2 Å². The van der Waals surface area contributed by atoms with Crippen LogP contribution in [0.3, 0.4) is 0 Å². The summed E-state index contributed by atoms with van der Waals surface area (Å²) in [4.78, 5) is 8.68. The zero-order valence-corrected chi connectivity index (χ0v) is 12.0. The van der Waals surface area contributed by atoms with Crippen molar-refractivity contribution in [3.8, 4) is 0 Å². The van der Waals surface area contributed by atoms with Crippen LogP contribution in [-0.4, -0.2) is 9.97 Å². The van der Waals surface area contributed by atoms with Crippen LogP contribution in [0.15, 0.2) is 48.7 Å². The molecule has 0 spiro atoms. The maximum atomic E-state index is 6.31. The largest absolute Gasteiger partial charge is 0.384 e. The average molecular weight is 278 g/mol. The number of nitrogens with zero attached hydrogens (tertiary/aromatic N) is 2. The summed E-state index contributed by atoms with van der Waals surface area (Å²) in [6, 6.07) is 13.8. The Balaban J connectivity index is 1.92. The van der Waals surface area contributed by atoms with Gasteiger partial charge < -0.3 is 11.5 Å². The third kappa shape index (κ3) is 2.85. The number of nitrogens with two attached hydrogens (primary N) is 2. The molecule has 2 heterocycles. The van der Waals surface area contributed by atoms with Crippen LogP contribution in [0, 0.1) is 6.92 Å². The van der Waals surface area contributed by atoms with Gasteiger partial charge in [0.2, 0.25) is 0 Å². The first-order valence-electron chi connectivity index (χ1n) is 6.96. The minimum absolute atomic E-state index is 0.157. The van der Waals surface area contributed by atoms with Crippen molar-refractivity contribution in [1.82, 2.24) is 9.97 Å². The van der Waals surface area contributed by atoms with E-state index >= 15 is 0 Å². The molecule has 1 atom stereocenters. The average Bonchev–Trinajstić information content (AvgIpc) is 2.47. The SMILES string of the molecule is Cc1cc(C(N)Cc2ccnc(N)c2)nc2ccccc12. The van der Waals surface area contributed by atoms with Crippen molar-refractivity contribution >= 4 is 16.7 Å².